The molecule has 5 nitrogen and oxygen atoms in total. The van der Waals surface area contributed by atoms with Crippen molar-refractivity contribution in [2.75, 3.05) is 19.6 Å². The smallest absolute Gasteiger partial charge is 0.311 e. The molecule has 7 rings (SSSR count). The number of rotatable bonds is 5. The maximum Gasteiger partial charge on any atom is 0.311 e. The van der Waals surface area contributed by atoms with Gasteiger partial charge >= 0.3 is 5.97 Å². The SMILES string of the molecule is C[C@H]1CC[C@@H]2[C@@H](CN3CCC(C(O)(c4ccccc4)c4ccccc4)CC3)C(=O)O[C@@]23[C@H]1CC[C@]1(C)O[C@@H]31. The molecule has 7 atom stereocenters. The molecule has 5 heteroatoms. The third kappa shape index (κ3) is 3.58. The molecule has 0 bridgehead atoms. The van der Waals surface area contributed by atoms with Crippen LogP contribution in [0.1, 0.15) is 63.5 Å². The Hall–Kier alpha value is -2.21. The predicted octanol–water partition coefficient (Wildman–Crippen LogP) is 5.16. The lowest BCUT2D eigenvalue weighted by molar-refractivity contribution is -0.168. The molecule has 3 saturated heterocycles. The maximum atomic E-state index is 13.5. The van der Waals surface area contributed by atoms with Gasteiger partial charge in [0.2, 0.25) is 0 Å². The maximum absolute atomic E-state index is 13.5. The van der Waals surface area contributed by atoms with Crippen molar-refractivity contribution in [1.29, 1.82) is 0 Å². The summed E-state index contributed by atoms with van der Waals surface area (Å²) in [4.78, 5) is 15.9. The first-order chi connectivity index (χ1) is 18.4. The van der Waals surface area contributed by atoms with Crippen LogP contribution >= 0.6 is 0 Å². The van der Waals surface area contributed by atoms with Crippen LogP contribution in [0.5, 0.6) is 0 Å². The third-order valence-electron chi connectivity index (χ3n) is 11.2. The number of hydrogen-bond donors (Lipinski definition) is 1. The van der Waals surface area contributed by atoms with Gasteiger partial charge in [-0.2, -0.15) is 0 Å². The van der Waals surface area contributed by atoms with Gasteiger partial charge in [-0.3, -0.25) is 4.79 Å². The number of carbonyl (C=O) groups excluding carboxylic acids is 1. The van der Waals surface area contributed by atoms with Crippen LogP contribution in [0.3, 0.4) is 0 Å². The Labute approximate surface area is 226 Å². The monoisotopic (exact) mass is 515 g/mol. The van der Waals surface area contributed by atoms with E-state index in [9.17, 15) is 9.90 Å². The van der Waals surface area contributed by atoms with Crippen molar-refractivity contribution in [2.24, 2.45) is 29.6 Å². The molecular weight excluding hydrogens is 474 g/mol. The van der Waals surface area contributed by atoms with Gasteiger partial charge in [0.25, 0.3) is 0 Å². The van der Waals surface area contributed by atoms with Crippen LogP contribution < -0.4 is 0 Å². The molecule has 3 aliphatic heterocycles. The lowest BCUT2D eigenvalue weighted by Crippen LogP contribution is -2.58. The van der Waals surface area contributed by atoms with Crippen LogP contribution in [0.25, 0.3) is 0 Å². The van der Waals surface area contributed by atoms with E-state index in [-0.39, 0.29) is 35.4 Å². The van der Waals surface area contributed by atoms with Crippen molar-refractivity contribution in [1.82, 2.24) is 4.90 Å². The average molecular weight is 516 g/mol. The molecule has 5 fully saturated rings. The van der Waals surface area contributed by atoms with Crippen LogP contribution in [-0.2, 0) is 19.9 Å². The third-order valence-corrected chi connectivity index (χ3v) is 11.2. The molecule has 2 aromatic rings. The summed E-state index contributed by atoms with van der Waals surface area (Å²) in [6.45, 7) is 7.09. The number of epoxide rings is 1. The van der Waals surface area contributed by atoms with E-state index in [1.807, 2.05) is 60.7 Å². The minimum atomic E-state index is -1.02. The van der Waals surface area contributed by atoms with Crippen LogP contribution in [0.15, 0.2) is 60.7 Å². The highest BCUT2D eigenvalue weighted by Gasteiger charge is 2.77. The van der Waals surface area contributed by atoms with Crippen LogP contribution in [0.4, 0.5) is 0 Å². The highest BCUT2D eigenvalue weighted by Crippen LogP contribution is 2.66. The van der Waals surface area contributed by atoms with E-state index in [0.29, 0.717) is 11.8 Å². The van der Waals surface area contributed by atoms with E-state index < -0.39 is 11.2 Å². The molecule has 1 spiro atoms. The highest BCUT2D eigenvalue weighted by atomic mass is 16.7. The van der Waals surface area contributed by atoms with E-state index in [1.165, 1.54) is 6.42 Å². The minimum Gasteiger partial charge on any atom is -0.455 e. The number of hydrogen-bond acceptors (Lipinski definition) is 5. The number of fused-ring (bicyclic) bond motifs is 1. The number of carbonyl (C=O) groups is 1. The first-order valence-corrected chi connectivity index (χ1v) is 14.8. The molecule has 1 N–H and O–H groups in total. The second-order valence-electron chi connectivity index (χ2n) is 13.1. The summed E-state index contributed by atoms with van der Waals surface area (Å²) in [5.41, 5.74) is 0.383. The zero-order valence-electron chi connectivity index (χ0n) is 22.7. The van der Waals surface area contributed by atoms with E-state index in [1.54, 1.807) is 0 Å². The normalized spacial score (nSPS) is 39.1. The Bertz CT molecular complexity index is 1140. The molecule has 0 radical (unpaired) electrons. The summed E-state index contributed by atoms with van der Waals surface area (Å²) in [6.07, 6.45) is 6.28. The fourth-order valence-electron chi connectivity index (χ4n) is 9.10. The summed E-state index contributed by atoms with van der Waals surface area (Å²) >= 11 is 0. The van der Waals surface area contributed by atoms with Gasteiger partial charge in [0, 0.05) is 18.4 Å². The molecule has 5 aliphatic rings. The predicted molar refractivity (Wildman–Crippen MR) is 145 cm³/mol. The van der Waals surface area contributed by atoms with Gasteiger partial charge in [-0.05, 0) is 81.5 Å². The number of ether oxygens (including phenoxy) is 2. The molecule has 2 saturated carbocycles. The van der Waals surface area contributed by atoms with Crippen molar-refractivity contribution in [3.63, 3.8) is 0 Å². The molecule has 3 heterocycles. The molecule has 2 aliphatic carbocycles. The zero-order chi connectivity index (χ0) is 26.1. The summed E-state index contributed by atoms with van der Waals surface area (Å²) < 4.78 is 12.8. The molecular formula is C33H41NO4. The lowest BCUT2D eigenvalue weighted by Gasteiger charge is -2.50. The first-order valence-electron chi connectivity index (χ1n) is 14.8. The summed E-state index contributed by atoms with van der Waals surface area (Å²) in [7, 11) is 0. The molecule has 2 aromatic carbocycles. The van der Waals surface area contributed by atoms with E-state index >= 15 is 0 Å². The van der Waals surface area contributed by atoms with Gasteiger partial charge in [-0.1, -0.05) is 67.6 Å². The number of benzene rings is 2. The van der Waals surface area contributed by atoms with Gasteiger partial charge in [0.15, 0.2) is 0 Å². The molecule has 0 amide bonds. The number of esters is 1. The fraction of sp³-hybridized carbons (Fsp3) is 0.606. The largest absolute Gasteiger partial charge is 0.455 e. The molecule has 38 heavy (non-hydrogen) atoms. The van der Waals surface area contributed by atoms with E-state index in [4.69, 9.17) is 9.47 Å². The summed E-state index contributed by atoms with van der Waals surface area (Å²) in [5, 5.41) is 12.3. The Kier molecular flexibility index (Phi) is 5.81. The van der Waals surface area contributed by atoms with Crippen LogP contribution in [-0.4, -0.2) is 52.9 Å². The Balaban J connectivity index is 1.09. The number of nitrogens with zero attached hydrogens (tertiary/aromatic N) is 1. The zero-order valence-corrected chi connectivity index (χ0v) is 22.7. The fourth-order valence-corrected chi connectivity index (χ4v) is 9.10. The highest BCUT2D eigenvalue weighted by molar-refractivity contribution is 5.77. The van der Waals surface area contributed by atoms with E-state index in [2.05, 4.69) is 18.7 Å². The van der Waals surface area contributed by atoms with Gasteiger partial charge in [-0.15, -0.1) is 0 Å². The Morgan fingerprint density at radius 3 is 2.18 bits per heavy atom. The number of aliphatic hydroxyl groups is 1. The second-order valence-corrected chi connectivity index (χ2v) is 13.1. The lowest BCUT2D eigenvalue weighted by atomic mass is 9.55. The number of piperidine rings is 1. The molecule has 0 unspecified atom stereocenters. The van der Waals surface area contributed by atoms with Gasteiger partial charge in [0.05, 0.1) is 11.5 Å². The standard InChI is InChI=1S/C33H41NO4/c1-22-13-14-28-26(29(35)37-33(28)27(22)15-18-31(2)30(33)38-31)21-34-19-16-25(17-20-34)32(36,23-9-5-3-6-10-23)24-11-7-4-8-12-24/h3-12,22,25-28,30,36H,13-21H2,1-2H3/t22-,26+,27-,28+,30+,31-,33-/m0/s1. The van der Waals surface area contributed by atoms with Crippen molar-refractivity contribution in [3.05, 3.63) is 71.8 Å². The minimum absolute atomic E-state index is 0.000972. The van der Waals surface area contributed by atoms with Crippen LogP contribution in [0.2, 0.25) is 0 Å². The average Bonchev–Trinajstić information content (AvgIpc) is 3.58. The summed E-state index contributed by atoms with van der Waals surface area (Å²) in [5.74, 6) is 1.30. The first kappa shape index (κ1) is 24.8. The van der Waals surface area contributed by atoms with Gasteiger partial charge < -0.3 is 19.5 Å². The van der Waals surface area contributed by atoms with Gasteiger partial charge in [0.1, 0.15) is 17.3 Å². The Morgan fingerprint density at radius 1 is 0.921 bits per heavy atom. The quantitative estimate of drug-likeness (QED) is 0.440. The van der Waals surface area contributed by atoms with Gasteiger partial charge in [-0.25, -0.2) is 0 Å². The Morgan fingerprint density at radius 2 is 1.55 bits per heavy atom. The number of likely N-dealkylation sites (tertiary alicyclic amines) is 1. The molecule has 0 aromatic heterocycles. The van der Waals surface area contributed by atoms with Crippen molar-refractivity contribution in [3.8, 4) is 0 Å². The topological polar surface area (TPSA) is 62.3 Å². The van der Waals surface area contributed by atoms with Crippen molar-refractivity contribution in [2.45, 2.75) is 75.3 Å². The summed E-state index contributed by atoms with van der Waals surface area (Å²) in [6, 6.07) is 20.2. The van der Waals surface area contributed by atoms with Crippen molar-refractivity contribution >= 4 is 5.97 Å². The van der Waals surface area contributed by atoms with Crippen LogP contribution in [0, 0.1) is 29.6 Å². The van der Waals surface area contributed by atoms with Crippen molar-refractivity contribution < 1.29 is 19.4 Å². The molecule has 202 valence electrons. The van der Waals surface area contributed by atoms with E-state index in [0.717, 1.165) is 62.9 Å². The second kappa shape index (κ2) is 8.90.